The first-order valence-electron chi connectivity index (χ1n) is 7.84. The maximum absolute atomic E-state index is 12.7. The number of nitrogens with zero attached hydrogens (tertiary/aromatic N) is 2. The second-order valence-corrected chi connectivity index (χ2v) is 6.39. The number of carbonyl (C=O) groups excluding carboxylic acids is 1. The molecule has 0 fully saturated rings. The van der Waals surface area contributed by atoms with E-state index in [2.05, 4.69) is 15.3 Å². The van der Waals surface area contributed by atoms with Crippen LogP contribution >= 0.6 is 11.3 Å². The zero-order valence-electron chi connectivity index (χ0n) is 13.9. The van der Waals surface area contributed by atoms with Crippen molar-refractivity contribution in [1.29, 1.82) is 0 Å². The number of ether oxygens (including phenoxy) is 1. The van der Waals surface area contributed by atoms with Crippen LogP contribution in [0.2, 0.25) is 0 Å². The van der Waals surface area contributed by atoms with Crippen molar-refractivity contribution in [2.75, 3.05) is 0 Å². The lowest BCUT2D eigenvalue weighted by molar-refractivity contribution is -0.137. The smallest absolute Gasteiger partial charge is 0.416 e. The van der Waals surface area contributed by atoms with E-state index in [0.717, 1.165) is 12.1 Å². The Bertz CT molecular complexity index is 913. The van der Waals surface area contributed by atoms with Gasteiger partial charge in [0.15, 0.2) is 0 Å². The van der Waals surface area contributed by atoms with Crippen molar-refractivity contribution in [2.24, 2.45) is 0 Å². The number of aromatic nitrogens is 2. The zero-order valence-corrected chi connectivity index (χ0v) is 14.7. The molecule has 2 aromatic heterocycles. The molecule has 0 unspecified atom stereocenters. The predicted molar refractivity (Wildman–Crippen MR) is 93.3 cm³/mol. The summed E-state index contributed by atoms with van der Waals surface area (Å²) in [6.45, 7) is 0.243. The molecule has 3 aromatic rings. The number of hydrogen-bond acceptors (Lipinski definition) is 5. The second-order valence-electron chi connectivity index (χ2n) is 5.44. The van der Waals surface area contributed by atoms with Gasteiger partial charge < -0.3 is 10.1 Å². The molecule has 27 heavy (non-hydrogen) atoms. The number of carbonyl (C=O) groups is 1. The van der Waals surface area contributed by atoms with Gasteiger partial charge in [-0.2, -0.15) is 13.2 Å². The van der Waals surface area contributed by atoms with Gasteiger partial charge in [-0.1, -0.05) is 12.1 Å². The number of alkyl halides is 3. The van der Waals surface area contributed by atoms with Gasteiger partial charge in [0.2, 0.25) is 0 Å². The van der Waals surface area contributed by atoms with Crippen molar-refractivity contribution in [2.45, 2.75) is 19.3 Å². The Morgan fingerprint density at radius 3 is 2.78 bits per heavy atom. The molecule has 3 rings (SSSR count). The van der Waals surface area contributed by atoms with Gasteiger partial charge >= 0.3 is 6.18 Å². The van der Waals surface area contributed by atoms with Crippen LogP contribution in [-0.2, 0) is 19.3 Å². The number of pyridine rings is 1. The van der Waals surface area contributed by atoms with E-state index < -0.39 is 11.7 Å². The Morgan fingerprint density at radius 2 is 2.04 bits per heavy atom. The van der Waals surface area contributed by atoms with E-state index in [4.69, 9.17) is 4.74 Å². The van der Waals surface area contributed by atoms with Crippen LogP contribution in [0, 0.1) is 0 Å². The number of nitrogens with one attached hydrogen (secondary N) is 1. The molecule has 0 aliphatic rings. The van der Waals surface area contributed by atoms with Crippen LogP contribution in [0.1, 0.15) is 26.8 Å². The van der Waals surface area contributed by atoms with Gasteiger partial charge in [0.05, 0.1) is 17.8 Å². The van der Waals surface area contributed by atoms with Gasteiger partial charge in [-0.15, -0.1) is 11.3 Å². The minimum Gasteiger partial charge on any atom is -0.486 e. The zero-order chi connectivity index (χ0) is 19.3. The lowest BCUT2D eigenvalue weighted by Gasteiger charge is -2.09. The molecular formula is C18H14F3N3O2S. The van der Waals surface area contributed by atoms with Gasteiger partial charge in [-0.3, -0.25) is 9.78 Å². The molecule has 5 nitrogen and oxygen atoms in total. The average molecular weight is 393 g/mol. The Morgan fingerprint density at radius 1 is 1.19 bits per heavy atom. The van der Waals surface area contributed by atoms with E-state index in [9.17, 15) is 18.0 Å². The molecule has 0 saturated heterocycles. The van der Waals surface area contributed by atoms with Crippen molar-refractivity contribution < 1.29 is 22.7 Å². The summed E-state index contributed by atoms with van der Waals surface area (Å²) >= 11 is 1.19. The lowest BCUT2D eigenvalue weighted by atomic mass is 10.2. The fraction of sp³-hybridized carbons (Fsp3) is 0.167. The number of hydrogen-bond donors (Lipinski definition) is 1. The molecule has 1 N–H and O–H groups in total. The fourth-order valence-corrected chi connectivity index (χ4v) is 2.84. The highest BCUT2D eigenvalue weighted by Gasteiger charge is 2.30. The third-order valence-electron chi connectivity index (χ3n) is 3.46. The first kappa shape index (κ1) is 18.8. The molecule has 0 aliphatic carbocycles. The number of halogens is 3. The molecule has 0 saturated carbocycles. The Labute approximate surface area is 156 Å². The van der Waals surface area contributed by atoms with Gasteiger partial charge in [-0.25, -0.2) is 4.98 Å². The summed E-state index contributed by atoms with van der Waals surface area (Å²) in [6.07, 6.45) is -2.80. The van der Waals surface area contributed by atoms with Gasteiger partial charge in [0.1, 0.15) is 23.1 Å². The standard InChI is InChI=1S/C18H14F3N3O2S/c19-18(20,21)12-4-3-6-14(8-12)26-10-16-24-15(11-27-16)17(25)23-9-13-5-1-2-7-22-13/h1-8,11H,9-10H2,(H,23,25). The van der Waals surface area contributed by atoms with Crippen LogP contribution < -0.4 is 10.1 Å². The summed E-state index contributed by atoms with van der Waals surface area (Å²) in [7, 11) is 0. The molecule has 2 heterocycles. The van der Waals surface area contributed by atoms with E-state index in [-0.39, 0.29) is 30.5 Å². The van der Waals surface area contributed by atoms with E-state index in [1.807, 2.05) is 6.07 Å². The molecule has 0 radical (unpaired) electrons. The van der Waals surface area contributed by atoms with Crippen molar-refractivity contribution in [3.05, 3.63) is 76.0 Å². The lowest BCUT2D eigenvalue weighted by Crippen LogP contribution is -2.23. The minimum absolute atomic E-state index is 0.0283. The number of amides is 1. The van der Waals surface area contributed by atoms with Gasteiger partial charge in [0.25, 0.3) is 5.91 Å². The minimum atomic E-state index is -4.43. The largest absolute Gasteiger partial charge is 0.486 e. The van der Waals surface area contributed by atoms with Crippen LogP contribution in [0.5, 0.6) is 5.75 Å². The first-order valence-corrected chi connectivity index (χ1v) is 8.72. The summed E-state index contributed by atoms with van der Waals surface area (Å²) in [5, 5.41) is 4.75. The summed E-state index contributed by atoms with van der Waals surface area (Å²) in [4.78, 5) is 20.4. The predicted octanol–water partition coefficient (Wildman–Crippen LogP) is 4.07. The monoisotopic (exact) mass is 393 g/mol. The molecular weight excluding hydrogens is 379 g/mol. The van der Waals surface area contributed by atoms with Crippen molar-refractivity contribution in [3.63, 3.8) is 0 Å². The van der Waals surface area contributed by atoms with E-state index in [0.29, 0.717) is 10.7 Å². The second kappa shape index (κ2) is 8.17. The van der Waals surface area contributed by atoms with E-state index in [1.165, 1.54) is 23.5 Å². The Balaban J connectivity index is 1.56. The normalized spacial score (nSPS) is 11.2. The molecule has 0 bridgehead atoms. The SMILES string of the molecule is O=C(NCc1ccccn1)c1csc(COc2cccc(C(F)(F)F)c2)n1. The summed E-state index contributed by atoms with van der Waals surface area (Å²) in [5.41, 5.74) is 0.154. The first-order chi connectivity index (χ1) is 12.9. The molecule has 0 aliphatic heterocycles. The summed E-state index contributed by atoms with van der Waals surface area (Å²) in [5.74, 6) is -0.275. The van der Waals surface area contributed by atoms with Crippen LogP contribution in [0.4, 0.5) is 13.2 Å². The third kappa shape index (κ3) is 5.27. The average Bonchev–Trinajstić information content (AvgIpc) is 3.14. The molecule has 0 atom stereocenters. The van der Waals surface area contributed by atoms with Crippen LogP contribution in [0.15, 0.2) is 54.0 Å². The summed E-state index contributed by atoms with van der Waals surface area (Å²) in [6, 6.07) is 9.99. The molecule has 1 aromatic carbocycles. The highest BCUT2D eigenvalue weighted by Crippen LogP contribution is 2.31. The molecule has 9 heteroatoms. The third-order valence-corrected chi connectivity index (χ3v) is 4.29. The van der Waals surface area contributed by atoms with Gasteiger partial charge in [-0.05, 0) is 30.3 Å². The topological polar surface area (TPSA) is 64.1 Å². The Hall–Kier alpha value is -2.94. The van der Waals surface area contributed by atoms with Crippen molar-refractivity contribution >= 4 is 17.2 Å². The molecule has 140 valence electrons. The number of rotatable bonds is 6. The van der Waals surface area contributed by atoms with Crippen LogP contribution in [-0.4, -0.2) is 15.9 Å². The summed E-state index contributed by atoms with van der Waals surface area (Å²) < 4.78 is 43.5. The Kier molecular flexibility index (Phi) is 5.70. The van der Waals surface area contributed by atoms with Crippen LogP contribution in [0.3, 0.4) is 0 Å². The highest BCUT2D eigenvalue weighted by molar-refractivity contribution is 7.09. The maximum Gasteiger partial charge on any atom is 0.416 e. The van der Waals surface area contributed by atoms with Crippen LogP contribution in [0.25, 0.3) is 0 Å². The van der Waals surface area contributed by atoms with E-state index in [1.54, 1.807) is 23.7 Å². The quantitative estimate of drug-likeness (QED) is 0.686. The van der Waals surface area contributed by atoms with Crippen molar-refractivity contribution in [1.82, 2.24) is 15.3 Å². The molecule has 1 amide bonds. The number of thiazole rings is 1. The number of benzene rings is 1. The van der Waals surface area contributed by atoms with E-state index >= 15 is 0 Å². The van der Waals surface area contributed by atoms with Crippen molar-refractivity contribution in [3.8, 4) is 5.75 Å². The van der Waals surface area contributed by atoms with Gasteiger partial charge in [0, 0.05) is 11.6 Å². The molecule has 0 spiro atoms. The fourth-order valence-electron chi connectivity index (χ4n) is 2.15. The highest BCUT2D eigenvalue weighted by atomic mass is 32.1. The maximum atomic E-state index is 12.7.